The molecule has 0 aliphatic heterocycles. The van der Waals surface area contributed by atoms with Gasteiger partial charge in [-0.3, -0.25) is 9.89 Å². The van der Waals surface area contributed by atoms with Crippen LogP contribution in [0.3, 0.4) is 0 Å². The number of nitrogens with zero attached hydrogens (tertiary/aromatic N) is 1. The quantitative estimate of drug-likeness (QED) is 0.670. The molecule has 3 aromatic rings. The normalized spacial score (nSPS) is 10.8. The summed E-state index contributed by atoms with van der Waals surface area (Å²) in [5.74, 6) is -0.0791. The monoisotopic (exact) mass is 254 g/mol. The second-order valence-electron chi connectivity index (χ2n) is 4.44. The van der Waals surface area contributed by atoms with Gasteiger partial charge in [0.05, 0.1) is 17.8 Å². The number of fused-ring (bicyclic) bond motifs is 1. The molecule has 1 aromatic carbocycles. The Morgan fingerprint density at radius 1 is 1.32 bits per heavy atom. The summed E-state index contributed by atoms with van der Waals surface area (Å²) >= 11 is 0. The third kappa shape index (κ3) is 2.10. The number of carbonyl (C=O) groups is 1. The molecule has 0 aliphatic carbocycles. The fourth-order valence-electron chi connectivity index (χ4n) is 2.22. The summed E-state index contributed by atoms with van der Waals surface area (Å²) in [5.41, 5.74) is 3.44. The minimum absolute atomic E-state index is 0.0791. The highest BCUT2D eigenvalue weighted by molar-refractivity contribution is 6.08. The van der Waals surface area contributed by atoms with Gasteiger partial charge in [-0.2, -0.15) is 5.10 Å². The van der Waals surface area contributed by atoms with Crippen LogP contribution in [0, 0.1) is 6.92 Å². The van der Waals surface area contributed by atoms with E-state index >= 15 is 0 Å². The molecule has 3 N–H and O–H groups in total. The molecular weight excluding hydrogens is 240 g/mol. The zero-order valence-corrected chi connectivity index (χ0v) is 10.5. The van der Waals surface area contributed by atoms with Crippen molar-refractivity contribution in [2.75, 3.05) is 0 Å². The first-order chi connectivity index (χ1) is 9.25. The van der Waals surface area contributed by atoms with Gasteiger partial charge < -0.3 is 10.3 Å². The third-order valence-electron chi connectivity index (χ3n) is 3.12. The van der Waals surface area contributed by atoms with Crippen molar-refractivity contribution < 1.29 is 4.79 Å². The van der Waals surface area contributed by atoms with Crippen molar-refractivity contribution in [3.8, 4) is 0 Å². The number of amides is 1. The van der Waals surface area contributed by atoms with E-state index in [1.807, 2.05) is 37.3 Å². The molecule has 0 bridgehead atoms. The van der Waals surface area contributed by atoms with Crippen LogP contribution in [0.15, 0.2) is 36.5 Å². The summed E-state index contributed by atoms with van der Waals surface area (Å²) in [5, 5.41) is 10.5. The van der Waals surface area contributed by atoms with Crippen molar-refractivity contribution in [2.45, 2.75) is 13.5 Å². The average Bonchev–Trinajstić information content (AvgIpc) is 3.02. The number of carbonyl (C=O) groups excluding carboxylic acids is 1. The lowest BCUT2D eigenvalue weighted by Gasteiger charge is -2.03. The average molecular weight is 254 g/mol. The Morgan fingerprint density at radius 2 is 2.16 bits per heavy atom. The summed E-state index contributed by atoms with van der Waals surface area (Å²) in [4.78, 5) is 15.5. The number of nitrogens with one attached hydrogen (secondary N) is 3. The van der Waals surface area contributed by atoms with Gasteiger partial charge in [-0.25, -0.2) is 0 Å². The van der Waals surface area contributed by atoms with Crippen molar-refractivity contribution in [1.82, 2.24) is 20.5 Å². The third-order valence-corrected chi connectivity index (χ3v) is 3.12. The van der Waals surface area contributed by atoms with E-state index in [-0.39, 0.29) is 5.91 Å². The van der Waals surface area contributed by atoms with E-state index in [1.165, 1.54) is 0 Å². The number of aromatic nitrogens is 3. The van der Waals surface area contributed by atoms with Gasteiger partial charge in [0.15, 0.2) is 0 Å². The van der Waals surface area contributed by atoms with E-state index in [0.717, 1.165) is 22.3 Å². The van der Waals surface area contributed by atoms with Gasteiger partial charge in [-0.05, 0) is 19.1 Å². The molecule has 0 saturated carbocycles. The van der Waals surface area contributed by atoms with Gasteiger partial charge in [0.2, 0.25) is 0 Å². The molecule has 2 heterocycles. The zero-order valence-electron chi connectivity index (χ0n) is 10.5. The largest absolute Gasteiger partial charge is 0.358 e. The molecule has 0 spiro atoms. The van der Waals surface area contributed by atoms with Crippen LogP contribution in [0.4, 0.5) is 0 Å². The van der Waals surface area contributed by atoms with Gasteiger partial charge in [-0.1, -0.05) is 18.2 Å². The Kier molecular flexibility index (Phi) is 2.79. The molecule has 0 unspecified atom stereocenters. The van der Waals surface area contributed by atoms with Crippen molar-refractivity contribution >= 4 is 16.8 Å². The fraction of sp³-hybridized carbons (Fsp3) is 0.143. The van der Waals surface area contributed by atoms with Crippen molar-refractivity contribution in [1.29, 1.82) is 0 Å². The molecule has 5 nitrogen and oxygen atoms in total. The molecule has 1 amide bonds. The van der Waals surface area contributed by atoms with E-state index in [4.69, 9.17) is 0 Å². The summed E-state index contributed by atoms with van der Waals surface area (Å²) in [6.07, 6.45) is 1.67. The number of hydrogen-bond donors (Lipinski definition) is 3. The van der Waals surface area contributed by atoms with Crippen LogP contribution < -0.4 is 5.32 Å². The molecule has 2 aromatic heterocycles. The van der Waals surface area contributed by atoms with Crippen LogP contribution >= 0.6 is 0 Å². The Balaban J connectivity index is 1.87. The van der Waals surface area contributed by atoms with Crippen LogP contribution in [0.5, 0.6) is 0 Å². The lowest BCUT2D eigenvalue weighted by atomic mass is 10.1. The highest BCUT2D eigenvalue weighted by Crippen LogP contribution is 2.21. The van der Waals surface area contributed by atoms with Crippen LogP contribution in [0.25, 0.3) is 10.9 Å². The lowest BCUT2D eigenvalue weighted by molar-refractivity contribution is 0.0951. The molecule has 19 heavy (non-hydrogen) atoms. The van der Waals surface area contributed by atoms with Gasteiger partial charge in [0, 0.05) is 22.8 Å². The maximum Gasteiger partial charge on any atom is 0.254 e. The molecular formula is C14H14N4O. The summed E-state index contributed by atoms with van der Waals surface area (Å²) in [6, 6.07) is 9.63. The standard InChI is InChI=1S/C14H14N4O/c1-9-13(11-4-2-3-5-12(11)17-9)14(19)15-8-10-6-7-16-18-10/h2-7,17H,8H2,1H3,(H,15,19)(H,16,18). The highest BCUT2D eigenvalue weighted by Gasteiger charge is 2.15. The number of aryl methyl sites for hydroxylation is 1. The summed E-state index contributed by atoms with van der Waals surface area (Å²) < 4.78 is 0. The first kappa shape index (κ1) is 11.5. The first-order valence-corrected chi connectivity index (χ1v) is 6.09. The molecule has 0 saturated heterocycles. The first-order valence-electron chi connectivity index (χ1n) is 6.09. The van der Waals surface area contributed by atoms with E-state index in [0.29, 0.717) is 12.1 Å². The molecule has 0 aliphatic rings. The Morgan fingerprint density at radius 3 is 2.95 bits per heavy atom. The molecule has 96 valence electrons. The van der Waals surface area contributed by atoms with Crippen LogP contribution in [0.1, 0.15) is 21.7 Å². The number of aromatic amines is 2. The van der Waals surface area contributed by atoms with Gasteiger partial charge >= 0.3 is 0 Å². The maximum absolute atomic E-state index is 12.3. The van der Waals surface area contributed by atoms with Gasteiger partial charge in [-0.15, -0.1) is 0 Å². The zero-order chi connectivity index (χ0) is 13.2. The molecule has 3 rings (SSSR count). The Labute approximate surface area is 110 Å². The Bertz CT molecular complexity index is 712. The molecule has 0 radical (unpaired) electrons. The molecule has 0 fully saturated rings. The van der Waals surface area contributed by atoms with Crippen LogP contribution in [0.2, 0.25) is 0 Å². The van der Waals surface area contributed by atoms with E-state index in [2.05, 4.69) is 20.5 Å². The predicted molar refractivity (Wildman–Crippen MR) is 72.8 cm³/mol. The molecule has 5 heteroatoms. The lowest BCUT2D eigenvalue weighted by Crippen LogP contribution is -2.23. The topological polar surface area (TPSA) is 73.6 Å². The minimum Gasteiger partial charge on any atom is -0.358 e. The number of rotatable bonds is 3. The van der Waals surface area contributed by atoms with Crippen molar-refractivity contribution in [2.24, 2.45) is 0 Å². The number of benzene rings is 1. The van der Waals surface area contributed by atoms with Crippen molar-refractivity contribution in [3.05, 3.63) is 53.5 Å². The Hall–Kier alpha value is -2.56. The fourth-order valence-corrected chi connectivity index (χ4v) is 2.22. The van der Waals surface area contributed by atoms with E-state index in [1.54, 1.807) is 6.20 Å². The van der Waals surface area contributed by atoms with Crippen LogP contribution in [-0.4, -0.2) is 21.1 Å². The predicted octanol–water partition coefficient (Wildman–Crippen LogP) is 2.13. The molecule has 0 atom stereocenters. The second-order valence-corrected chi connectivity index (χ2v) is 4.44. The highest BCUT2D eigenvalue weighted by atomic mass is 16.1. The van der Waals surface area contributed by atoms with E-state index < -0.39 is 0 Å². The number of para-hydroxylation sites is 1. The van der Waals surface area contributed by atoms with E-state index in [9.17, 15) is 4.79 Å². The smallest absolute Gasteiger partial charge is 0.254 e. The SMILES string of the molecule is Cc1[nH]c2ccccc2c1C(=O)NCc1ccn[nH]1. The maximum atomic E-state index is 12.3. The van der Waals surface area contributed by atoms with Gasteiger partial charge in [0.1, 0.15) is 0 Å². The summed E-state index contributed by atoms with van der Waals surface area (Å²) in [7, 11) is 0. The minimum atomic E-state index is -0.0791. The summed E-state index contributed by atoms with van der Waals surface area (Å²) in [6.45, 7) is 2.35. The van der Waals surface area contributed by atoms with Gasteiger partial charge in [0.25, 0.3) is 5.91 Å². The van der Waals surface area contributed by atoms with Crippen LogP contribution in [-0.2, 0) is 6.54 Å². The van der Waals surface area contributed by atoms with Crippen molar-refractivity contribution in [3.63, 3.8) is 0 Å². The number of H-pyrrole nitrogens is 2. The number of hydrogen-bond acceptors (Lipinski definition) is 2. The second kappa shape index (κ2) is 4.61.